The van der Waals surface area contributed by atoms with E-state index in [0.717, 1.165) is 60.8 Å². The van der Waals surface area contributed by atoms with Crippen LogP contribution < -0.4 is 5.32 Å². The van der Waals surface area contributed by atoms with Gasteiger partial charge in [0.2, 0.25) is 11.7 Å². The molecule has 7 heteroatoms. The first-order chi connectivity index (χ1) is 12.7. The first-order valence-corrected chi connectivity index (χ1v) is 8.97. The minimum absolute atomic E-state index is 0.203. The van der Waals surface area contributed by atoms with Gasteiger partial charge in [-0.2, -0.15) is 0 Å². The largest absolute Gasteiger partial charge is 0.381 e. The summed E-state index contributed by atoms with van der Waals surface area (Å²) in [6.07, 6.45) is 4.58. The number of benzene rings is 1. The molecule has 0 unspecified atom stereocenters. The van der Waals surface area contributed by atoms with Crippen LogP contribution in [0, 0.1) is 12.8 Å². The lowest BCUT2D eigenvalue weighted by molar-refractivity contribution is -0.105. The number of anilines is 1. The zero-order valence-electron chi connectivity index (χ0n) is 14.6. The van der Waals surface area contributed by atoms with E-state index >= 15 is 0 Å². The summed E-state index contributed by atoms with van der Waals surface area (Å²) in [5.74, 6) is 0.561. The van der Waals surface area contributed by atoms with Crippen molar-refractivity contribution in [2.45, 2.75) is 19.8 Å². The number of halogens is 1. The molecule has 1 N–H and O–H groups in total. The molecule has 1 aromatic carbocycles. The fraction of sp³-hybridized carbons (Fsp3) is 0.368. The maximum absolute atomic E-state index is 10.5. The molecule has 0 radical (unpaired) electrons. The first-order valence-electron chi connectivity index (χ1n) is 8.59. The molecule has 0 aliphatic carbocycles. The van der Waals surface area contributed by atoms with Gasteiger partial charge in [0.25, 0.3) is 0 Å². The summed E-state index contributed by atoms with van der Waals surface area (Å²) in [5, 5.41) is 2.82. The standard InChI is InChI=1S/C19H21ClN4O2/c1-13-17(11-21-10-14-6-8-26-9-7-14)18(24-19(20)23-13)15-2-4-16(5-3-15)22-12-25/h2-5,11-12,14H,6-10H2,1H3,(H,22,25)/b21-11-. The molecule has 1 aliphatic heterocycles. The molecule has 3 rings (SSSR count). The normalized spacial score (nSPS) is 15.3. The maximum atomic E-state index is 10.5. The Morgan fingerprint density at radius 3 is 2.69 bits per heavy atom. The van der Waals surface area contributed by atoms with Crippen molar-refractivity contribution < 1.29 is 9.53 Å². The molecule has 136 valence electrons. The molecule has 0 bridgehead atoms. The summed E-state index contributed by atoms with van der Waals surface area (Å²) in [5.41, 5.74) is 3.98. The molecule has 2 aromatic rings. The molecule has 0 spiro atoms. The van der Waals surface area contributed by atoms with Crippen molar-refractivity contribution in [2.75, 3.05) is 25.1 Å². The molecule has 26 heavy (non-hydrogen) atoms. The minimum atomic E-state index is 0.203. The van der Waals surface area contributed by atoms with Gasteiger partial charge in [-0.3, -0.25) is 9.79 Å². The van der Waals surface area contributed by atoms with Crippen LogP contribution in [0.5, 0.6) is 0 Å². The SMILES string of the molecule is Cc1nc(Cl)nc(-c2ccc(NC=O)cc2)c1/C=N\CC1CCOCC1. The number of carbonyl (C=O) groups excluding carboxylic acids is 1. The van der Waals surface area contributed by atoms with Gasteiger partial charge in [0.15, 0.2) is 0 Å². The Labute approximate surface area is 157 Å². The van der Waals surface area contributed by atoms with E-state index in [1.165, 1.54) is 0 Å². The zero-order valence-corrected chi connectivity index (χ0v) is 15.4. The number of nitrogens with zero attached hydrogens (tertiary/aromatic N) is 3. The molecule has 1 aromatic heterocycles. The molecular formula is C19H21ClN4O2. The predicted octanol–water partition coefficient (Wildman–Crippen LogP) is 3.52. The van der Waals surface area contributed by atoms with Crippen LogP contribution in [0.25, 0.3) is 11.3 Å². The monoisotopic (exact) mass is 372 g/mol. The fourth-order valence-corrected chi connectivity index (χ4v) is 3.15. The number of rotatable bonds is 6. The van der Waals surface area contributed by atoms with Crippen LogP contribution in [-0.2, 0) is 9.53 Å². The molecule has 1 saturated heterocycles. The van der Waals surface area contributed by atoms with Crippen molar-refractivity contribution in [1.29, 1.82) is 0 Å². The first kappa shape index (κ1) is 18.5. The highest BCUT2D eigenvalue weighted by Gasteiger charge is 2.14. The van der Waals surface area contributed by atoms with Gasteiger partial charge in [-0.15, -0.1) is 0 Å². The second-order valence-electron chi connectivity index (χ2n) is 6.23. The summed E-state index contributed by atoms with van der Waals surface area (Å²) in [6.45, 7) is 4.30. The number of hydrogen-bond donors (Lipinski definition) is 1. The number of carbonyl (C=O) groups is 1. The fourth-order valence-electron chi connectivity index (χ4n) is 2.94. The third kappa shape index (κ3) is 4.65. The van der Waals surface area contributed by atoms with E-state index in [-0.39, 0.29) is 5.28 Å². The lowest BCUT2D eigenvalue weighted by atomic mass is 10.0. The van der Waals surface area contributed by atoms with Crippen molar-refractivity contribution in [2.24, 2.45) is 10.9 Å². The van der Waals surface area contributed by atoms with Crippen molar-refractivity contribution >= 4 is 29.9 Å². The van der Waals surface area contributed by atoms with Gasteiger partial charge in [0.05, 0.1) is 11.4 Å². The number of aryl methyl sites for hydroxylation is 1. The average Bonchev–Trinajstić information content (AvgIpc) is 2.65. The molecule has 0 atom stereocenters. The molecule has 6 nitrogen and oxygen atoms in total. The van der Waals surface area contributed by atoms with Crippen LogP contribution in [0.15, 0.2) is 29.3 Å². The van der Waals surface area contributed by atoms with E-state index < -0.39 is 0 Å². The van der Waals surface area contributed by atoms with E-state index in [1.54, 1.807) is 0 Å². The van der Waals surface area contributed by atoms with E-state index in [2.05, 4.69) is 20.3 Å². The summed E-state index contributed by atoms with van der Waals surface area (Å²) in [7, 11) is 0. The van der Waals surface area contributed by atoms with Crippen LogP contribution in [0.1, 0.15) is 24.1 Å². The van der Waals surface area contributed by atoms with Crippen LogP contribution in [0.4, 0.5) is 5.69 Å². The topological polar surface area (TPSA) is 76.5 Å². The smallest absolute Gasteiger partial charge is 0.223 e. The Balaban J connectivity index is 1.85. The van der Waals surface area contributed by atoms with Gasteiger partial charge in [-0.1, -0.05) is 12.1 Å². The number of aliphatic imine (C=N–C) groups is 1. The predicted molar refractivity (Wildman–Crippen MR) is 103 cm³/mol. The Bertz CT molecular complexity index is 787. The lowest BCUT2D eigenvalue weighted by Crippen LogP contribution is -2.18. The highest BCUT2D eigenvalue weighted by Crippen LogP contribution is 2.25. The van der Waals surface area contributed by atoms with Gasteiger partial charge in [0.1, 0.15) is 0 Å². The highest BCUT2D eigenvalue weighted by atomic mass is 35.5. The van der Waals surface area contributed by atoms with E-state index in [1.807, 2.05) is 37.4 Å². The van der Waals surface area contributed by atoms with E-state index in [4.69, 9.17) is 16.3 Å². The number of nitrogens with one attached hydrogen (secondary N) is 1. The van der Waals surface area contributed by atoms with Gasteiger partial charge in [-0.25, -0.2) is 9.97 Å². The average molecular weight is 373 g/mol. The van der Waals surface area contributed by atoms with Crippen LogP contribution >= 0.6 is 11.6 Å². The summed E-state index contributed by atoms with van der Waals surface area (Å²) in [6, 6.07) is 7.41. The Hall–Kier alpha value is -2.31. The van der Waals surface area contributed by atoms with Gasteiger partial charge < -0.3 is 10.1 Å². The molecule has 2 heterocycles. The zero-order chi connectivity index (χ0) is 18.4. The van der Waals surface area contributed by atoms with Crippen LogP contribution in [0.2, 0.25) is 5.28 Å². The quantitative estimate of drug-likeness (QED) is 0.478. The number of ether oxygens (including phenoxy) is 1. The summed E-state index contributed by atoms with van der Waals surface area (Å²) >= 11 is 6.07. The van der Waals surface area contributed by atoms with Crippen LogP contribution in [0.3, 0.4) is 0 Å². The minimum Gasteiger partial charge on any atom is -0.381 e. The van der Waals surface area contributed by atoms with Gasteiger partial charge in [-0.05, 0) is 49.4 Å². The molecule has 1 amide bonds. The Morgan fingerprint density at radius 1 is 1.27 bits per heavy atom. The number of hydrogen-bond acceptors (Lipinski definition) is 5. The second-order valence-corrected chi connectivity index (χ2v) is 6.57. The molecular weight excluding hydrogens is 352 g/mol. The summed E-state index contributed by atoms with van der Waals surface area (Å²) in [4.78, 5) is 23.8. The Kier molecular flexibility index (Phi) is 6.30. The lowest BCUT2D eigenvalue weighted by Gasteiger charge is -2.19. The third-order valence-electron chi connectivity index (χ3n) is 4.42. The maximum Gasteiger partial charge on any atom is 0.223 e. The molecule has 1 aliphatic rings. The second kappa shape index (κ2) is 8.87. The number of aromatic nitrogens is 2. The van der Waals surface area contributed by atoms with E-state index in [9.17, 15) is 4.79 Å². The molecule has 0 saturated carbocycles. The van der Waals surface area contributed by atoms with Crippen molar-refractivity contribution in [3.05, 3.63) is 40.8 Å². The van der Waals surface area contributed by atoms with Gasteiger partial charge >= 0.3 is 0 Å². The van der Waals surface area contributed by atoms with Crippen molar-refractivity contribution in [1.82, 2.24) is 9.97 Å². The van der Waals surface area contributed by atoms with Crippen molar-refractivity contribution in [3.8, 4) is 11.3 Å². The third-order valence-corrected chi connectivity index (χ3v) is 4.59. The molecule has 1 fully saturated rings. The van der Waals surface area contributed by atoms with Crippen LogP contribution in [-0.4, -0.2) is 42.4 Å². The van der Waals surface area contributed by atoms with E-state index in [0.29, 0.717) is 12.3 Å². The number of amides is 1. The Morgan fingerprint density at radius 2 is 2.00 bits per heavy atom. The highest BCUT2D eigenvalue weighted by molar-refractivity contribution is 6.28. The van der Waals surface area contributed by atoms with Crippen molar-refractivity contribution in [3.63, 3.8) is 0 Å². The van der Waals surface area contributed by atoms with Gasteiger partial charge in [0, 0.05) is 42.8 Å². The summed E-state index contributed by atoms with van der Waals surface area (Å²) < 4.78 is 5.39.